The summed E-state index contributed by atoms with van der Waals surface area (Å²) in [6.45, 7) is 3.93. The zero-order chi connectivity index (χ0) is 8.06. The van der Waals surface area contributed by atoms with Gasteiger partial charge in [0.2, 0.25) is 0 Å². The van der Waals surface area contributed by atoms with Crippen LogP contribution in [0.15, 0.2) is 0 Å². The molecule has 1 aromatic rings. The summed E-state index contributed by atoms with van der Waals surface area (Å²) in [5, 5.41) is 13.7. The SMILES string of the molecule is Cc1nnsc1C1(O)CC1C. The Bertz CT molecular complexity index is 286. The summed E-state index contributed by atoms with van der Waals surface area (Å²) in [4.78, 5) is 0.949. The van der Waals surface area contributed by atoms with E-state index < -0.39 is 5.60 Å². The molecule has 0 radical (unpaired) electrons. The fraction of sp³-hybridized carbons (Fsp3) is 0.714. The second-order valence-electron chi connectivity index (χ2n) is 3.22. The Balaban J connectivity index is 2.37. The molecule has 1 aliphatic rings. The van der Waals surface area contributed by atoms with E-state index in [2.05, 4.69) is 9.59 Å². The first-order valence-corrected chi connectivity index (χ1v) is 4.44. The summed E-state index contributed by atoms with van der Waals surface area (Å²) in [6.07, 6.45) is 0.859. The van der Waals surface area contributed by atoms with Crippen LogP contribution in [0, 0.1) is 12.8 Å². The van der Waals surface area contributed by atoms with E-state index in [0.717, 1.165) is 17.0 Å². The molecule has 1 heterocycles. The fourth-order valence-corrected chi connectivity index (χ4v) is 2.21. The maximum atomic E-state index is 9.87. The van der Waals surface area contributed by atoms with Crippen molar-refractivity contribution in [2.45, 2.75) is 25.9 Å². The fourth-order valence-electron chi connectivity index (χ4n) is 1.35. The third-order valence-electron chi connectivity index (χ3n) is 2.32. The third-order valence-corrected chi connectivity index (χ3v) is 3.31. The number of hydrogen-bond acceptors (Lipinski definition) is 4. The van der Waals surface area contributed by atoms with Crippen LogP contribution in [0.1, 0.15) is 23.9 Å². The van der Waals surface area contributed by atoms with Crippen molar-refractivity contribution >= 4 is 11.5 Å². The lowest BCUT2D eigenvalue weighted by Gasteiger charge is -2.04. The van der Waals surface area contributed by atoms with Crippen molar-refractivity contribution in [3.05, 3.63) is 10.6 Å². The van der Waals surface area contributed by atoms with Gasteiger partial charge in [0.25, 0.3) is 0 Å². The lowest BCUT2D eigenvalue weighted by Crippen LogP contribution is -2.06. The molecule has 4 heteroatoms. The molecule has 1 aromatic heterocycles. The van der Waals surface area contributed by atoms with Gasteiger partial charge in [-0.25, -0.2) is 0 Å². The summed E-state index contributed by atoms with van der Waals surface area (Å²) < 4.78 is 3.79. The Hall–Kier alpha value is -0.480. The molecule has 2 rings (SSSR count). The van der Waals surface area contributed by atoms with E-state index in [0.29, 0.717) is 5.92 Å². The molecule has 2 unspecified atom stereocenters. The van der Waals surface area contributed by atoms with Crippen LogP contribution in [0.4, 0.5) is 0 Å². The van der Waals surface area contributed by atoms with Crippen LogP contribution >= 0.6 is 11.5 Å². The second-order valence-corrected chi connectivity index (χ2v) is 3.97. The van der Waals surface area contributed by atoms with E-state index in [4.69, 9.17) is 0 Å². The summed E-state index contributed by atoms with van der Waals surface area (Å²) in [5.41, 5.74) is 0.292. The molecule has 1 saturated carbocycles. The minimum absolute atomic E-state index is 0.378. The average molecular weight is 170 g/mol. The first kappa shape index (κ1) is 7.18. The zero-order valence-electron chi connectivity index (χ0n) is 6.53. The van der Waals surface area contributed by atoms with Gasteiger partial charge in [-0.1, -0.05) is 11.4 Å². The van der Waals surface area contributed by atoms with E-state index in [-0.39, 0.29) is 0 Å². The Morgan fingerprint density at radius 3 is 2.73 bits per heavy atom. The number of aryl methyl sites for hydroxylation is 1. The van der Waals surface area contributed by atoms with Gasteiger partial charge in [0.15, 0.2) is 0 Å². The van der Waals surface area contributed by atoms with Gasteiger partial charge in [0, 0.05) is 0 Å². The van der Waals surface area contributed by atoms with Crippen molar-refractivity contribution < 1.29 is 5.11 Å². The Labute approximate surface area is 69.2 Å². The maximum absolute atomic E-state index is 9.87. The Morgan fingerprint density at radius 2 is 2.36 bits per heavy atom. The highest BCUT2D eigenvalue weighted by atomic mass is 32.1. The van der Waals surface area contributed by atoms with E-state index in [1.807, 2.05) is 13.8 Å². The Morgan fingerprint density at radius 1 is 1.73 bits per heavy atom. The van der Waals surface area contributed by atoms with Gasteiger partial charge in [-0.3, -0.25) is 0 Å². The highest BCUT2D eigenvalue weighted by Crippen LogP contribution is 2.53. The molecule has 3 nitrogen and oxygen atoms in total. The summed E-state index contributed by atoms with van der Waals surface area (Å²) >= 11 is 1.31. The van der Waals surface area contributed by atoms with Crippen molar-refractivity contribution in [2.24, 2.45) is 5.92 Å². The van der Waals surface area contributed by atoms with Gasteiger partial charge >= 0.3 is 0 Å². The summed E-state index contributed by atoms with van der Waals surface area (Å²) in [7, 11) is 0. The standard InChI is InChI=1S/C7H10N2OS/c1-4-3-7(4,10)6-5(2)8-9-11-6/h4,10H,3H2,1-2H3. The largest absolute Gasteiger partial charge is 0.384 e. The van der Waals surface area contributed by atoms with Crippen LogP contribution in [-0.4, -0.2) is 14.7 Å². The molecular weight excluding hydrogens is 160 g/mol. The van der Waals surface area contributed by atoms with E-state index >= 15 is 0 Å². The lowest BCUT2D eigenvalue weighted by atomic mass is 10.2. The van der Waals surface area contributed by atoms with Crippen molar-refractivity contribution in [1.29, 1.82) is 0 Å². The molecule has 60 valence electrons. The highest BCUT2D eigenvalue weighted by molar-refractivity contribution is 7.05. The van der Waals surface area contributed by atoms with Gasteiger partial charge in [0.05, 0.1) is 10.6 Å². The average Bonchev–Trinajstić information content (AvgIpc) is 2.43. The van der Waals surface area contributed by atoms with Crippen LogP contribution in [0.2, 0.25) is 0 Å². The smallest absolute Gasteiger partial charge is 0.105 e. The van der Waals surface area contributed by atoms with Crippen LogP contribution in [0.3, 0.4) is 0 Å². The monoisotopic (exact) mass is 170 g/mol. The number of hydrogen-bond donors (Lipinski definition) is 1. The molecule has 1 N–H and O–H groups in total. The van der Waals surface area contributed by atoms with Gasteiger partial charge < -0.3 is 5.11 Å². The van der Waals surface area contributed by atoms with Crippen LogP contribution in [0.25, 0.3) is 0 Å². The van der Waals surface area contributed by atoms with Gasteiger partial charge in [-0.2, -0.15) is 0 Å². The molecule has 0 amide bonds. The molecule has 11 heavy (non-hydrogen) atoms. The number of aromatic nitrogens is 2. The molecule has 0 spiro atoms. The zero-order valence-corrected chi connectivity index (χ0v) is 7.35. The molecular formula is C7H10N2OS. The molecule has 0 bridgehead atoms. The predicted octanol–water partition coefficient (Wildman–Crippen LogP) is 1.07. The second kappa shape index (κ2) is 2.01. The predicted molar refractivity (Wildman–Crippen MR) is 42.3 cm³/mol. The van der Waals surface area contributed by atoms with E-state index in [1.54, 1.807) is 0 Å². The van der Waals surface area contributed by atoms with Gasteiger partial charge in [0.1, 0.15) is 5.60 Å². The maximum Gasteiger partial charge on any atom is 0.105 e. The van der Waals surface area contributed by atoms with Gasteiger partial charge in [-0.05, 0) is 30.8 Å². The van der Waals surface area contributed by atoms with Crippen molar-refractivity contribution in [2.75, 3.05) is 0 Å². The number of aliphatic hydroxyl groups is 1. The minimum Gasteiger partial charge on any atom is -0.384 e. The lowest BCUT2D eigenvalue weighted by molar-refractivity contribution is 0.138. The molecule has 1 fully saturated rings. The third kappa shape index (κ3) is 0.895. The highest BCUT2D eigenvalue weighted by Gasteiger charge is 2.53. The van der Waals surface area contributed by atoms with Crippen LogP contribution in [-0.2, 0) is 5.60 Å². The normalized spacial score (nSPS) is 35.7. The Kier molecular flexibility index (Phi) is 1.32. The first-order valence-electron chi connectivity index (χ1n) is 3.66. The quantitative estimate of drug-likeness (QED) is 0.685. The van der Waals surface area contributed by atoms with E-state index in [1.165, 1.54) is 11.5 Å². The number of nitrogens with zero attached hydrogens (tertiary/aromatic N) is 2. The van der Waals surface area contributed by atoms with Crippen molar-refractivity contribution in [1.82, 2.24) is 9.59 Å². The van der Waals surface area contributed by atoms with Gasteiger partial charge in [-0.15, -0.1) is 5.10 Å². The number of rotatable bonds is 1. The molecule has 0 saturated heterocycles. The topological polar surface area (TPSA) is 46.0 Å². The summed E-state index contributed by atoms with van der Waals surface area (Å²) in [6, 6.07) is 0. The summed E-state index contributed by atoms with van der Waals surface area (Å²) in [5.74, 6) is 0.378. The molecule has 1 aliphatic carbocycles. The van der Waals surface area contributed by atoms with E-state index in [9.17, 15) is 5.11 Å². The first-order chi connectivity index (χ1) is 5.14. The molecule has 2 atom stereocenters. The minimum atomic E-state index is -0.585. The van der Waals surface area contributed by atoms with Crippen molar-refractivity contribution in [3.8, 4) is 0 Å². The molecule has 0 aliphatic heterocycles. The van der Waals surface area contributed by atoms with Crippen LogP contribution in [0.5, 0.6) is 0 Å². The molecule has 0 aromatic carbocycles. The van der Waals surface area contributed by atoms with Crippen LogP contribution < -0.4 is 0 Å². The van der Waals surface area contributed by atoms with Crippen molar-refractivity contribution in [3.63, 3.8) is 0 Å².